The van der Waals surface area contributed by atoms with E-state index in [2.05, 4.69) is 13.8 Å². The Bertz CT molecular complexity index is 641. The molecule has 112 valence electrons. The van der Waals surface area contributed by atoms with Crippen LogP contribution in [0, 0.1) is 17.6 Å². The lowest BCUT2D eigenvalue weighted by molar-refractivity contribution is 0.214. The van der Waals surface area contributed by atoms with Gasteiger partial charge in [-0.05, 0) is 35.6 Å². The zero-order chi connectivity index (χ0) is 15.6. The zero-order valence-electron chi connectivity index (χ0n) is 11.9. The summed E-state index contributed by atoms with van der Waals surface area (Å²) >= 11 is 5.52. The molecule has 2 rings (SSSR count). The van der Waals surface area contributed by atoms with Gasteiger partial charge in [-0.15, -0.1) is 0 Å². The van der Waals surface area contributed by atoms with E-state index in [1.165, 1.54) is 0 Å². The van der Waals surface area contributed by atoms with Crippen LogP contribution in [0.3, 0.4) is 0 Å². The Hall–Kier alpha value is -1.45. The van der Waals surface area contributed by atoms with Crippen LogP contribution in [0.15, 0.2) is 36.4 Å². The molecule has 0 saturated carbocycles. The van der Waals surface area contributed by atoms with Gasteiger partial charge >= 0.3 is 0 Å². The largest absolute Gasteiger partial charge is 0.384 e. The standard InChI is InChI=1S/C17H17ClF2O/c1-10(2)6-11-4-3-5-12(7-11)17(21)13-8-16(20)14(18)9-15(13)19/h3-5,7-10,17,21H,6H2,1-2H3. The molecule has 1 unspecified atom stereocenters. The molecule has 0 amide bonds. The predicted octanol–water partition coefficient (Wildman–Crippen LogP) is 4.90. The number of rotatable bonds is 4. The molecule has 1 atom stereocenters. The fourth-order valence-electron chi connectivity index (χ4n) is 2.29. The average Bonchev–Trinajstić information content (AvgIpc) is 2.41. The van der Waals surface area contributed by atoms with Crippen LogP contribution in [0.25, 0.3) is 0 Å². The lowest BCUT2D eigenvalue weighted by atomic mass is 9.96. The van der Waals surface area contributed by atoms with Gasteiger partial charge < -0.3 is 5.11 Å². The van der Waals surface area contributed by atoms with Crippen molar-refractivity contribution in [3.8, 4) is 0 Å². The van der Waals surface area contributed by atoms with E-state index < -0.39 is 17.7 Å². The van der Waals surface area contributed by atoms with Crippen molar-refractivity contribution in [1.82, 2.24) is 0 Å². The Morgan fingerprint density at radius 2 is 1.81 bits per heavy atom. The van der Waals surface area contributed by atoms with Crippen molar-refractivity contribution in [2.75, 3.05) is 0 Å². The maximum Gasteiger partial charge on any atom is 0.142 e. The van der Waals surface area contributed by atoms with Crippen LogP contribution in [-0.2, 0) is 6.42 Å². The highest BCUT2D eigenvalue weighted by Crippen LogP contribution is 2.29. The molecular formula is C17H17ClF2O. The van der Waals surface area contributed by atoms with Crippen LogP contribution in [0.2, 0.25) is 5.02 Å². The first-order valence-electron chi connectivity index (χ1n) is 6.80. The minimum absolute atomic E-state index is 0.112. The van der Waals surface area contributed by atoms with Crippen molar-refractivity contribution in [3.05, 3.63) is 69.7 Å². The number of hydrogen-bond donors (Lipinski definition) is 1. The molecular weight excluding hydrogens is 294 g/mol. The highest BCUT2D eigenvalue weighted by Gasteiger charge is 2.18. The molecule has 0 fully saturated rings. The summed E-state index contributed by atoms with van der Waals surface area (Å²) < 4.78 is 27.3. The molecule has 1 nitrogen and oxygen atoms in total. The van der Waals surface area contributed by atoms with Gasteiger partial charge in [0.2, 0.25) is 0 Å². The smallest absolute Gasteiger partial charge is 0.142 e. The van der Waals surface area contributed by atoms with Crippen molar-refractivity contribution in [2.24, 2.45) is 5.92 Å². The van der Waals surface area contributed by atoms with Crippen molar-refractivity contribution < 1.29 is 13.9 Å². The fourth-order valence-corrected chi connectivity index (χ4v) is 2.44. The Kier molecular flexibility index (Phi) is 4.96. The summed E-state index contributed by atoms with van der Waals surface area (Å²) in [6.07, 6.45) is -0.359. The van der Waals surface area contributed by atoms with Crippen molar-refractivity contribution in [1.29, 1.82) is 0 Å². The van der Waals surface area contributed by atoms with Crippen LogP contribution in [0.4, 0.5) is 8.78 Å². The van der Waals surface area contributed by atoms with Crippen molar-refractivity contribution in [3.63, 3.8) is 0 Å². The number of benzene rings is 2. The molecule has 2 aromatic rings. The van der Waals surface area contributed by atoms with Gasteiger partial charge in [-0.1, -0.05) is 49.7 Å². The highest BCUT2D eigenvalue weighted by molar-refractivity contribution is 6.30. The van der Waals surface area contributed by atoms with Gasteiger partial charge in [-0.25, -0.2) is 8.78 Å². The molecule has 0 radical (unpaired) electrons. The minimum Gasteiger partial charge on any atom is -0.384 e. The third-order valence-corrected chi connectivity index (χ3v) is 3.53. The summed E-state index contributed by atoms with van der Waals surface area (Å²) in [5, 5.41) is 10.0. The van der Waals surface area contributed by atoms with Crippen LogP contribution in [0.1, 0.15) is 36.6 Å². The Labute approximate surface area is 128 Å². The average molecular weight is 311 g/mol. The van der Waals surface area contributed by atoms with Crippen LogP contribution >= 0.6 is 11.6 Å². The Balaban J connectivity index is 2.36. The summed E-state index contributed by atoms with van der Waals surface area (Å²) in [5.74, 6) is -0.990. The van der Waals surface area contributed by atoms with Gasteiger partial charge in [0.1, 0.15) is 17.7 Å². The normalized spacial score (nSPS) is 12.7. The second-order valence-electron chi connectivity index (χ2n) is 5.53. The van der Waals surface area contributed by atoms with E-state index in [0.29, 0.717) is 11.5 Å². The molecule has 2 aromatic carbocycles. The van der Waals surface area contributed by atoms with E-state index in [9.17, 15) is 13.9 Å². The highest BCUT2D eigenvalue weighted by atomic mass is 35.5. The summed E-state index contributed by atoms with van der Waals surface area (Å²) in [6.45, 7) is 4.19. The topological polar surface area (TPSA) is 20.2 Å². The van der Waals surface area contributed by atoms with E-state index in [0.717, 1.165) is 24.1 Å². The van der Waals surface area contributed by atoms with Gasteiger partial charge in [-0.2, -0.15) is 0 Å². The second kappa shape index (κ2) is 6.54. The van der Waals surface area contributed by atoms with Crippen molar-refractivity contribution >= 4 is 11.6 Å². The number of hydrogen-bond acceptors (Lipinski definition) is 1. The van der Waals surface area contributed by atoms with E-state index in [4.69, 9.17) is 11.6 Å². The van der Waals surface area contributed by atoms with Gasteiger partial charge in [0.15, 0.2) is 0 Å². The second-order valence-corrected chi connectivity index (χ2v) is 5.94. The molecule has 0 bridgehead atoms. The Morgan fingerprint density at radius 3 is 2.48 bits per heavy atom. The van der Waals surface area contributed by atoms with Crippen molar-refractivity contribution in [2.45, 2.75) is 26.4 Å². The SMILES string of the molecule is CC(C)Cc1cccc(C(O)c2cc(F)c(Cl)cc2F)c1. The lowest BCUT2D eigenvalue weighted by Crippen LogP contribution is -2.05. The van der Waals surface area contributed by atoms with E-state index in [1.54, 1.807) is 12.1 Å². The molecule has 21 heavy (non-hydrogen) atoms. The molecule has 0 aliphatic carbocycles. The van der Waals surface area contributed by atoms with Gasteiger partial charge in [0.05, 0.1) is 5.02 Å². The first kappa shape index (κ1) is 15.9. The number of halogens is 3. The first-order valence-corrected chi connectivity index (χ1v) is 7.17. The Morgan fingerprint density at radius 1 is 1.10 bits per heavy atom. The molecule has 0 aromatic heterocycles. The summed E-state index contributed by atoms with van der Waals surface area (Å²) in [4.78, 5) is 0. The third kappa shape index (κ3) is 3.80. The minimum atomic E-state index is -1.22. The van der Waals surface area contributed by atoms with E-state index in [-0.39, 0.29) is 10.6 Å². The molecule has 0 heterocycles. The van der Waals surface area contributed by atoms with Crippen LogP contribution in [-0.4, -0.2) is 5.11 Å². The summed E-state index contributed by atoms with van der Waals surface area (Å²) in [6, 6.07) is 9.09. The molecule has 0 spiro atoms. The molecule has 0 saturated heterocycles. The first-order chi connectivity index (χ1) is 9.88. The summed E-state index contributed by atoms with van der Waals surface area (Å²) in [5.41, 5.74) is 1.48. The molecule has 0 aliphatic heterocycles. The maximum atomic E-state index is 13.9. The van der Waals surface area contributed by atoms with Crippen LogP contribution < -0.4 is 0 Å². The monoisotopic (exact) mass is 310 g/mol. The summed E-state index contributed by atoms with van der Waals surface area (Å²) in [7, 11) is 0. The number of aliphatic hydroxyl groups is 1. The fraction of sp³-hybridized carbons (Fsp3) is 0.294. The predicted molar refractivity (Wildman–Crippen MR) is 80.4 cm³/mol. The zero-order valence-corrected chi connectivity index (χ0v) is 12.7. The van der Waals surface area contributed by atoms with Crippen LogP contribution in [0.5, 0.6) is 0 Å². The third-order valence-electron chi connectivity index (χ3n) is 3.24. The lowest BCUT2D eigenvalue weighted by Gasteiger charge is -2.15. The van der Waals surface area contributed by atoms with E-state index in [1.807, 2.05) is 12.1 Å². The number of aliphatic hydroxyl groups excluding tert-OH is 1. The maximum absolute atomic E-state index is 13.9. The van der Waals surface area contributed by atoms with Gasteiger partial charge in [-0.3, -0.25) is 0 Å². The van der Waals surface area contributed by atoms with Gasteiger partial charge in [0.25, 0.3) is 0 Å². The van der Waals surface area contributed by atoms with Gasteiger partial charge in [0, 0.05) is 5.56 Å². The molecule has 0 aliphatic rings. The molecule has 1 N–H and O–H groups in total. The quantitative estimate of drug-likeness (QED) is 0.796. The van der Waals surface area contributed by atoms with E-state index >= 15 is 0 Å². The molecule has 4 heteroatoms.